The second kappa shape index (κ2) is 7.58. The molecule has 0 heterocycles. The Balaban J connectivity index is 0.000000338. The maximum absolute atomic E-state index is 10.8. The van der Waals surface area contributed by atoms with Crippen molar-refractivity contribution in [3.63, 3.8) is 0 Å². The zero-order valence-electron chi connectivity index (χ0n) is 13.4. The average Bonchev–Trinajstić information content (AvgIpc) is 2.87. The fourth-order valence-electron chi connectivity index (χ4n) is 2.60. The van der Waals surface area contributed by atoms with Gasteiger partial charge in [0.25, 0.3) is 0 Å². The van der Waals surface area contributed by atoms with Crippen LogP contribution in [0.15, 0.2) is 48.5 Å². The highest BCUT2D eigenvalue weighted by atomic mass is 16.5. The van der Waals surface area contributed by atoms with Gasteiger partial charge in [-0.25, -0.2) is 4.79 Å². The highest BCUT2D eigenvalue weighted by Gasteiger charge is 2.28. The van der Waals surface area contributed by atoms with Crippen molar-refractivity contribution in [2.75, 3.05) is 6.61 Å². The molecule has 0 fully saturated rings. The molecular weight excluding hydrogens is 290 g/mol. The van der Waals surface area contributed by atoms with Gasteiger partial charge in [0, 0.05) is 12.3 Å². The fraction of sp³-hybridized carbons (Fsp3) is 0.263. The van der Waals surface area contributed by atoms with Gasteiger partial charge in [-0.15, -0.1) is 0 Å². The van der Waals surface area contributed by atoms with E-state index < -0.39 is 6.09 Å². The van der Waals surface area contributed by atoms with Crippen molar-refractivity contribution in [2.45, 2.75) is 26.2 Å². The number of rotatable bonds is 3. The molecule has 0 aliphatic heterocycles. The van der Waals surface area contributed by atoms with Gasteiger partial charge in [0.2, 0.25) is 0 Å². The number of hydrogen-bond acceptors (Lipinski definition) is 3. The third-order valence-electron chi connectivity index (χ3n) is 3.85. The monoisotopic (exact) mass is 311 g/mol. The lowest BCUT2D eigenvalue weighted by molar-refractivity contribution is -0.116. The van der Waals surface area contributed by atoms with Crippen LogP contribution in [0.4, 0.5) is 4.79 Å². The molecule has 0 saturated heterocycles. The summed E-state index contributed by atoms with van der Waals surface area (Å²) in [5.41, 5.74) is 9.87. The van der Waals surface area contributed by atoms with Crippen molar-refractivity contribution in [1.82, 2.24) is 0 Å². The van der Waals surface area contributed by atoms with Gasteiger partial charge in [0.05, 0.1) is 0 Å². The van der Waals surface area contributed by atoms with Crippen molar-refractivity contribution in [3.8, 4) is 11.1 Å². The molecule has 0 aromatic heterocycles. The normalized spacial score (nSPS) is 11.7. The zero-order valence-corrected chi connectivity index (χ0v) is 13.4. The van der Waals surface area contributed by atoms with E-state index in [4.69, 9.17) is 10.5 Å². The topological polar surface area (TPSA) is 69.4 Å². The molecular formula is C19H21NO3. The number of carbonyl (C=O) groups excluding carboxylic acids is 2. The molecule has 120 valence electrons. The summed E-state index contributed by atoms with van der Waals surface area (Å²) in [6, 6.07) is 16.4. The summed E-state index contributed by atoms with van der Waals surface area (Å²) >= 11 is 0. The minimum absolute atomic E-state index is 0.0879. The van der Waals surface area contributed by atoms with Crippen LogP contribution in [0, 0.1) is 0 Å². The van der Waals surface area contributed by atoms with E-state index in [1.807, 2.05) is 31.2 Å². The highest BCUT2D eigenvalue weighted by Crippen LogP contribution is 2.44. The van der Waals surface area contributed by atoms with E-state index in [1.54, 1.807) is 6.92 Å². The van der Waals surface area contributed by atoms with Crippen LogP contribution < -0.4 is 5.73 Å². The number of ether oxygens (including phenoxy) is 1. The predicted octanol–water partition coefficient (Wildman–Crippen LogP) is 3.88. The second-order valence-corrected chi connectivity index (χ2v) is 5.41. The maximum atomic E-state index is 10.8. The summed E-state index contributed by atoms with van der Waals surface area (Å²) < 4.78 is 4.98. The third kappa shape index (κ3) is 3.97. The molecule has 1 aliphatic rings. The van der Waals surface area contributed by atoms with Crippen molar-refractivity contribution in [3.05, 3.63) is 59.7 Å². The largest absolute Gasteiger partial charge is 0.449 e. The highest BCUT2D eigenvalue weighted by molar-refractivity contribution is 5.79. The summed E-state index contributed by atoms with van der Waals surface area (Å²) in [7, 11) is 0. The minimum Gasteiger partial charge on any atom is -0.449 e. The Morgan fingerprint density at radius 3 is 1.83 bits per heavy atom. The van der Waals surface area contributed by atoms with Crippen LogP contribution in [0.3, 0.4) is 0 Å². The summed E-state index contributed by atoms with van der Waals surface area (Å²) in [5.74, 6) is 0.342. The molecule has 0 bridgehead atoms. The Morgan fingerprint density at radius 1 is 1.00 bits per heavy atom. The number of ketones is 1. The predicted molar refractivity (Wildman–Crippen MR) is 90.2 cm³/mol. The quantitative estimate of drug-likeness (QED) is 0.935. The van der Waals surface area contributed by atoms with Crippen molar-refractivity contribution >= 4 is 11.9 Å². The third-order valence-corrected chi connectivity index (χ3v) is 3.85. The molecule has 23 heavy (non-hydrogen) atoms. The van der Waals surface area contributed by atoms with Gasteiger partial charge in [-0.3, -0.25) is 0 Å². The van der Waals surface area contributed by atoms with Gasteiger partial charge < -0.3 is 15.3 Å². The van der Waals surface area contributed by atoms with Crippen LogP contribution in [0.5, 0.6) is 0 Å². The standard InChI is InChI=1S/C15H13NO2.C4H8O/c16-15(17)18-9-14-12-7-3-1-5-10(12)11-6-2-4-8-13(11)14;1-3-4(2)5/h1-8,14H,9H2,(H2,16,17);3H2,1-2H3. The van der Waals surface area contributed by atoms with Gasteiger partial charge in [0.1, 0.15) is 12.4 Å². The van der Waals surface area contributed by atoms with Crippen LogP contribution in [-0.4, -0.2) is 18.5 Å². The Morgan fingerprint density at radius 2 is 1.43 bits per heavy atom. The van der Waals surface area contributed by atoms with Crippen molar-refractivity contribution in [1.29, 1.82) is 0 Å². The lowest BCUT2D eigenvalue weighted by Crippen LogP contribution is -2.17. The number of hydrogen-bond donors (Lipinski definition) is 1. The smallest absolute Gasteiger partial charge is 0.404 e. The molecule has 2 aromatic rings. The van der Waals surface area contributed by atoms with E-state index in [0.717, 1.165) is 0 Å². The van der Waals surface area contributed by atoms with Gasteiger partial charge in [0.15, 0.2) is 0 Å². The van der Waals surface area contributed by atoms with Crippen LogP contribution in [-0.2, 0) is 9.53 Å². The first kappa shape index (κ1) is 16.7. The number of fused-ring (bicyclic) bond motifs is 3. The zero-order chi connectivity index (χ0) is 16.8. The Bertz CT molecular complexity index is 664. The lowest BCUT2D eigenvalue weighted by Gasteiger charge is -2.12. The van der Waals surface area contributed by atoms with Gasteiger partial charge in [-0.2, -0.15) is 0 Å². The number of nitrogens with two attached hydrogens (primary N) is 1. The lowest BCUT2D eigenvalue weighted by atomic mass is 9.98. The van der Waals surface area contributed by atoms with E-state index in [-0.39, 0.29) is 11.7 Å². The molecule has 4 heteroatoms. The van der Waals surface area contributed by atoms with E-state index in [2.05, 4.69) is 24.3 Å². The van der Waals surface area contributed by atoms with Crippen molar-refractivity contribution in [2.24, 2.45) is 5.73 Å². The van der Waals surface area contributed by atoms with Crippen LogP contribution in [0.1, 0.15) is 37.3 Å². The van der Waals surface area contributed by atoms with Gasteiger partial charge in [-0.05, 0) is 29.2 Å². The van der Waals surface area contributed by atoms with E-state index in [9.17, 15) is 9.59 Å². The summed E-state index contributed by atoms with van der Waals surface area (Å²) in [5, 5.41) is 0. The number of Topliss-reactive ketones (excluding diaryl/α,β-unsaturated/α-hetero) is 1. The Hall–Kier alpha value is -2.62. The van der Waals surface area contributed by atoms with Crippen LogP contribution in [0.2, 0.25) is 0 Å². The molecule has 0 spiro atoms. The Labute approximate surface area is 136 Å². The number of amides is 1. The summed E-state index contributed by atoms with van der Waals surface area (Å²) in [6.07, 6.45) is -0.0585. The SMILES string of the molecule is CCC(C)=O.NC(=O)OCC1c2ccccc2-c2ccccc21. The molecule has 0 saturated carbocycles. The van der Waals surface area contributed by atoms with Gasteiger partial charge in [-0.1, -0.05) is 55.5 Å². The molecule has 0 atom stereocenters. The first-order chi connectivity index (χ1) is 11.0. The molecule has 2 N–H and O–H groups in total. The average molecular weight is 311 g/mol. The molecule has 1 aliphatic carbocycles. The minimum atomic E-state index is -0.725. The van der Waals surface area contributed by atoms with Crippen LogP contribution in [0.25, 0.3) is 11.1 Å². The Kier molecular flexibility index (Phi) is 5.52. The molecule has 2 aromatic carbocycles. The van der Waals surface area contributed by atoms with Crippen molar-refractivity contribution < 1.29 is 14.3 Å². The summed E-state index contributed by atoms with van der Waals surface area (Å²) in [6.45, 7) is 3.73. The second-order valence-electron chi connectivity index (χ2n) is 5.41. The molecule has 4 nitrogen and oxygen atoms in total. The van der Waals surface area contributed by atoms with E-state index in [1.165, 1.54) is 22.3 Å². The van der Waals surface area contributed by atoms with Crippen LogP contribution >= 0.6 is 0 Å². The fourth-order valence-corrected chi connectivity index (χ4v) is 2.60. The van der Waals surface area contributed by atoms with E-state index in [0.29, 0.717) is 13.0 Å². The van der Waals surface area contributed by atoms with E-state index >= 15 is 0 Å². The first-order valence-corrected chi connectivity index (χ1v) is 7.64. The summed E-state index contributed by atoms with van der Waals surface area (Å²) in [4.78, 5) is 20.6. The molecule has 0 unspecified atom stereocenters. The maximum Gasteiger partial charge on any atom is 0.404 e. The molecule has 3 rings (SSSR count). The van der Waals surface area contributed by atoms with Gasteiger partial charge >= 0.3 is 6.09 Å². The first-order valence-electron chi connectivity index (χ1n) is 7.64. The number of benzene rings is 2. The molecule has 0 radical (unpaired) electrons. The number of carbonyl (C=O) groups is 2. The molecule has 1 amide bonds. The number of primary amides is 1.